The van der Waals surface area contributed by atoms with E-state index in [0.717, 1.165) is 6.54 Å². The molecule has 5 nitrogen and oxygen atoms in total. The van der Waals surface area contributed by atoms with E-state index in [1.165, 1.54) is 6.26 Å². The second kappa shape index (κ2) is 7.40. The lowest BCUT2D eigenvalue weighted by atomic mass is 10.2. The summed E-state index contributed by atoms with van der Waals surface area (Å²) in [7, 11) is -3.12. The molecule has 104 valence electrons. The van der Waals surface area contributed by atoms with Crippen molar-refractivity contribution in [2.75, 3.05) is 19.3 Å². The second-order valence-corrected chi connectivity index (χ2v) is 7.66. The molecule has 0 aliphatic rings. The first-order valence-electron chi connectivity index (χ1n) is 5.29. The van der Waals surface area contributed by atoms with Crippen LogP contribution in [0.1, 0.15) is 27.7 Å². The fourth-order valence-electron chi connectivity index (χ4n) is 0.757. The Balaban J connectivity index is 0. The third-order valence-electron chi connectivity index (χ3n) is 2.33. The third kappa shape index (κ3) is 7.80. The first-order valence-corrected chi connectivity index (χ1v) is 7.19. The minimum absolute atomic E-state index is 0. The number of halogens is 1. The van der Waals surface area contributed by atoms with Gasteiger partial charge in [0.15, 0.2) is 15.8 Å². The molecular formula is C10H24IN3O2S. The molecule has 0 aliphatic heterocycles. The second-order valence-electron chi connectivity index (χ2n) is 5.01. The van der Waals surface area contributed by atoms with Gasteiger partial charge >= 0.3 is 0 Å². The van der Waals surface area contributed by atoms with Gasteiger partial charge in [0.05, 0.1) is 11.3 Å². The van der Waals surface area contributed by atoms with Gasteiger partial charge in [0.1, 0.15) is 0 Å². The van der Waals surface area contributed by atoms with Crippen LogP contribution in [0.15, 0.2) is 4.99 Å². The molecule has 0 aromatic rings. The number of nitrogens with one attached hydrogen (secondary N) is 1. The summed E-state index contributed by atoms with van der Waals surface area (Å²) in [6, 6.07) is 0. The van der Waals surface area contributed by atoms with Crippen LogP contribution in [0, 0.1) is 5.92 Å². The van der Waals surface area contributed by atoms with Gasteiger partial charge in [-0.25, -0.2) is 8.42 Å². The van der Waals surface area contributed by atoms with Crippen molar-refractivity contribution in [3.05, 3.63) is 0 Å². The van der Waals surface area contributed by atoms with E-state index in [1.54, 1.807) is 13.8 Å². The highest BCUT2D eigenvalue weighted by atomic mass is 127. The van der Waals surface area contributed by atoms with Gasteiger partial charge in [-0.2, -0.15) is 0 Å². The number of nitrogens with zero attached hydrogens (tertiary/aromatic N) is 1. The molecule has 3 N–H and O–H groups in total. The van der Waals surface area contributed by atoms with Gasteiger partial charge in [-0.3, -0.25) is 4.99 Å². The van der Waals surface area contributed by atoms with Gasteiger partial charge < -0.3 is 11.1 Å². The molecule has 0 aromatic carbocycles. The minimum atomic E-state index is -3.12. The van der Waals surface area contributed by atoms with Crippen LogP contribution in [0.25, 0.3) is 0 Å². The molecule has 0 saturated heterocycles. The van der Waals surface area contributed by atoms with Crippen LogP contribution < -0.4 is 11.1 Å². The van der Waals surface area contributed by atoms with Crippen molar-refractivity contribution in [3.8, 4) is 0 Å². The van der Waals surface area contributed by atoms with Gasteiger partial charge in [-0.05, 0) is 19.8 Å². The lowest BCUT2D eigenvalue weighted by Crippen LogP contribution is -2.38. The van der Waals surface area contributed by atoms with Crippen LogP contribution >= 0.6 is 24.0 Å². The highest BCUT2D eigenvalue weighted by molar-refractivity contribution is 14.0. The van der Waals surface area contributed by atoms with Crippen molar-refractivity contribution in [3.63, 3.8) is 0 Å². The zero-order valence-corrected chi connectivity index (χ0v) is 14.3. The highest BCUT2D eigenvalue weighted by Gasteiger charge is 2.29. The Bertz CT molecular complexity index is 351. The monoisotopic (exact) mass is 377 g/mol. The fourth-order valence-corrected chi connectivity index (χ4v) is 1.06. The van der Waals surface area contributed by atoms with Crippen LogP contribution in [0.3, 0.4) is 0 Å². The molecule has 0 rings (SSSR count). The van der Waals surface area contributed by atoms with Gasteiger partial charge in [-0.15, -0.1) is 24.0 Å². The fraction of sp³-hybridized carbons (Fsp3) is 0.900. The maximum atomic E-state index is 11.4. The number of sulfone groups is 1. The molecule has 0 aliphatic carbocycles. The van der Waals surface area contributed by atoms with E-state index >= 15 is 0 Å². The summed E-state index contributed by atoms with van der Waals surface area (Å²) in [5.74, 6) is 0.766. The van der Waals surface area contributed by atoms with Crippen molar-refractivity contribution in [2.24, 2.45) is 16.6 Å². The number of hydrogen-bond acceptors (Lipinski definition) is 3. The molecule has 0 heterocycles. The van der Waals surface area contributed by atoms with Crippen LogP contribution in [0.5, 0.6) is 0 Å². The van der Waals surface area contributed by atoms with Crippen LogP contribution in [-0.4, -0.2) is 38.5 Å². The first kappa shape index (κ1) is 19.3. The topological polar surface area (TPSA) is 84.5 Å². The SMILES string of the molecule is CC(C)CNC(N)=NCC(C)(C)S(C)(=O)=O.I. The average molecular weight is 377 g/mol. The number of nitrogens with two attached hydrogens (primary N) is 1. The first-order chi connectivity index (χ1) is 7.06. The Morgan fingerprint density at radius 3 is 2.24 bits per heavy atom. The normalized spacial score (nSPS) is 13.4. The van der Waals surface area contributed by atoms with Gasteiger partial charge in [0.25, 0.3) is 0 Å². The van der Waals surface area contributed by atoms with Crippen molar-refractivity contribution < 1.29 is 8.42 Å². The summed E-state index contributed by atoms with van der Waals surface area (Å²) in [6.07, 6.45) is 1.21. The molecule has 0 saturated carbocycles. The van der Waals surface area contributed by atoms with Crippen molar-refractivity contribution in [2.45, 2.75) is 32.4 Å². The van der Waals surface area contributed by atoms with E-state index in [-0.39, 0.29) is 30.5 Å². The number of guanidine groups is 1. The highest BCUT2D eigenvalue weighted by Crippen LogP contribution is 2.14. The Morgan fingerprint density at radius 2 is 1.88 bits per heavy atom. The minimum Gasteiger partial charge on any atom is -0.370 e. The quantitative estimate of drug-likeness (QED) is 0.425. The molecule has 7 heteroatoms. The molecule has 0 bridgehead atoms. The summed E-state index contributed by atoms with van der Waals surface area (Å²) >= 11 is 0. The van der Waals surface area contributed by atoms with E-state index in [4.69, 9.17) is 5.73 Å². The van der Waals surface area contributed by atoms with Gasteiger partial charge in [0.2, 0.25) is 0 Å². The zero-order valence-electron chi connectivity index (χ0n) is 11.1. The Kier molecular flexibility index (Phi) is 8.40. The summed E-state index contributed by atoms with van der Waals surface area (Å²) < 4.78 is 21.9. The van der Waals surface area contributed by atoms with E-state index in [1.807, 2.05) is 0 Å². The molecule has 0 spiro atoms. The molecule has 0 aromatic heterocycles. The van der Waals surface area contributed by atoms with E-state index in [2.05, 4.69) is 24.2 Å². The van der Waals surface area contributed by atoms with Crippen LogP contribution in [0.2, 0.25) is 0 Å². The predicted octanol–water partition coefficient (Wildman–Crippen LogP) is 0.988. The van der Waals surface area contributed by atoms with Crippen LogP contribution in [-0.2, 0) is 9.84 Å². The van der Waals surface area contributed by atoms with Crippen LogP contribution in [0.4, 0.5) is 0 Å². The zero-order chi connectivity index (χ0) is 13.0. The Hall–Kier alpha value is -0.0500. The molecule has 0 unspecified atom stereocenters. The lowest BCUT2D eigenvalue weighted by molar-refractivity contribution is 0.554. The standard InChI is InChI=1S/C10H23N3O2S.HI/c1-8(2)6-12-9(11)13-7-10(3,4)16(5,14)15;/h8H,6-7H2,1-5H3,(H3,11,12,13);1H. The van der Waals surface area contributed by atoms with E-state index in [0.29, 0.717) is 11.9 Å². The number of rotatable bonds is 5. The smallest absolute Gasteiger partial charge is 0.188 e. The Morgan fingerprint density at radius 1 is 1.41 bits per heavy atom. The maximum absolute atomic E-state index is 11.4. The van der Waals surface area contributed by atoms with Crippen molar-refractivity contribution in [1.82, 2.24) is 5.32 Å². The summed E-state index contributed by atoms with van der Waals surface area (Å²) in [5.41, 5.74) is 5.62. The van der Waals surface area contributed by atoms with E-state index in [9.17, 15) is 8.42 Å². The molecule has 0 fully saturated rings. The number of aliphatic imine (C=N–C) groups is 1. The number of hydrogen-bond donors (Lipinski definition) is 2. The van der Waals surface area contributed by atoms with Gasteiger partial charge in [-0.1, -0.05) is 13.8 Å². The third-order valence-corrected chi connectivity index (χ3v) is 4.46. The van der Waals surface area contributed by atoms with E-state index < -0.39 is 14.6 Å². The molecular weight excluding hydrogens is 353 g/mol. The summed E-state index contributed by atoms with van der Waals surface area (Å²) in [4.78, 5) is 4.04. The predicted molar refractivity (Wildman–Crippen MR) is 83.7 cm³/mol. The molecule has 0 atom stereocenters. The van der Waals surface area contributed by atoms with Crippen molar-refractivity contribution >= 4 is 39.8 Å². The maximum Gasteiger partial charge on any atom is 0.188 e. The summed E-state index contributed by atoms with van der Waals surface area (Å²) in [6.45, 7) is 8.29. The Labute approximate surface area is 122 Å². The van der Waals surface area contributed by atoms with Gasteiger partial charge in [0, 0.05) is 12.8 Å². The largest absolute Gasteiger partial charge is 0.370 e. The molecule has 0 radical (unpaired) electrons. The average Bonchev–Trinajstić information content (AvgIpc) is 2.09. The van der Waals surface area contributed by atoms with Crippen molar-refractivity contribution in [1.29, 1.82) is 0 Å². The molecule has 17 heavy (non-hydrogen) atoms. The molecule has 0 amide bonds. The lowest BCUT2D eigenvalue weighted by Gasteiger charge is -2.20. The summed E-state index contributed by atoms with van der Waals surface area (Å²) in [5, 5.41) is 2.94.